The predicted molar refractivity (Wildman–Crippen MR) is 209 cm³/mol. The van der Waals surface area contributed by atoms with Gasteiger partial charge in [0, 0.05) is 37.7 Å². The van der Waals surface area contributed by atoms with Crippen LogP contribution < -0.4 is 15.8 Å². The number of nitrogens with one attached hydrogen (secondary N) is 3. The van der Waals surface area contributed by atoms with Crippen LogP contribution in [0.1, 0.15) is 62.4 Å². The molecule has 5 N–H and O–H groups in total. The molecule has 3 aromatic carbocycles. The number of aldehydes is 1. The summed E-state index contributed by atoms with van der Waals surface area (Å²) >= 11 is 0. The predicted octanol–water partition coefficient (Wildman–Crippen LogP) is 5.49. The van der Waals surface area contributed by atoms with Gasteiger partial charge in [0.2, 0.25) is 5.91 Å². The summed E-state index contributed by atoms with van der Waals surface area (Å²) in [4.78, 5) is 55.9. The first-order valence-corrected chi connectivity index (χ1v) is 18.9. The molecule has 290 valence electrons. The van der Waals surface area contributed by atoms with Crippen LogP contribution in [0.15, 0.2) is 48.7 Å². The first-order valence-electron chi connectivity index (χ1n) is 18.9. The molecule has 0 saturated carbocycles. The Morgan fingerprint density at radius 2 is 1.91 bits per heavy atom. The van der Waals surface area contributed by atoms with Gasteiger partial charge in [-0.3, -0.25) is 9.69 Å². The van der Waals surface area contributed by atoms with Crippen LogP contribution in [-0.2, 0) is 25.7 Å². The fourth-order valence-corrected chi connectivity index (χ4v) is 8.26. The molecule has 2 amide bonds. The largest absolute Gasteiger partial charge is 0.488 e. The topological polar surface area (TPSA) is 181 Å². The number of fused-ring (bicyclic) bond motifs is 6. The van der Waals surface area contributed by atoms with Crippen molar-refractivity contribution in [1.29, 1.82) is 0 Å². The van der Waals surface area contributed by atoms with Gasteiger partial charge < -0.3 is 44.9 Å². The van der Waals surface area contributed by atoms with Gasteiger partial charge in [0.05, 0.1) is 48.7 Å². The molecule has 0 bridgehead atoms. The lowest BCUT2D eigenvalue weighted by Crippen LogP contribution is -2.51. The first kappa shape index (κ1) is 38.0. The Kier molecular flexibility index (Phi) is 11.2. The van der Waals surface area contributed by atoms with Crippen molar-refractivity contribution in [2.24, 2.45) is 17.6 Å². The van der Waals surface area contributed by atoms with Crippen molar-refractivity contribution in [2.45, 2.75) is 57.8 Å². The van der Waals surface area contributed by atoms with Crippen molar-refractivity contribution < 1.29 is 28.6 Å². The molecule has 8 rings (SSSR count). The molecule has 5 aromatic rings. The third kappa shape index (κ3) is 7.53. The van der Waals surface area contributed by atoms with E-state index in [-0.39, 0.29) is 30.5 Å². The van der Waals surface area contributed by atoms with Crippen molar-refractivity contribution in [3.63, 3.8) is 0 Å². The average molecular weight is 751 g/mol. The van der Waals surface area contributed by atoms with Gasteiger partial charge in [-0.15, -0.1) is 0 Å². The zero-order valence-corrected chi connectivity index (χ0v) is 32.1. The summed E-state index contributed by atoms with van der Waals surface area (Å²) in [6.07, 6.45) is 4.65. The molecule has 5 heterocycles. The number of likely N-dealkylation sites (tertiary alicyclic amines) is 2. The van der Waals surface area contributed by atoms with Crippen LogP contribution >= 0.6 is 0 Å². The van der Waals surface area contributed by atoms with Crippen molar-refractivity contribution >= 4 is 40.1 Å². The van der Waals surface area contributed by atoms with Gasteiger partial charge in [-0.05, 0) is 84.5 Å². The summed E-state index contributed by atoms with van der Waals surface area (Å²) in [6.45, 7) is 6.81. The van der Waals surface area contributed by atoms with Crippen LogP contribution in [0.5, 0.6) is 5.75 Å². The number of imidazole rings is 2. The number of nitrogens with two attached hydrogens (primary N) is 1. The quantitative estimate of drug-likeness (QED) is 0.141. The lowest BCUT2D eigenvalue weighted by atomic mass is 9.92. The van der Waals surface area contributed by atoms with E-state index < -0.39 is 12.1 Å². The van der Waals surface area contributed by atoms with Crippen LogP contribution in [0.4, 0.5) is 4.79 Å². The maximum absolute atomic E-state index is 13.7. The lowest BCUT2D eigenvalue weighted by molar-refractivity contribution is -0.135. The summed E-state index contributed by atoms with van der Waals surface area (Å²) in [5, 5.41) is 4.78. The Morgan fingerprint density at radius 1 is 1.09 bits per heavy atom. The minimum absolute atomic E-state index is 0.0996. The maximum Gasteiger partial charge on any atom is 0.407 e. The molecular weight excluding hydrogens is 701 g/mol. The third-order valence-corrected chi connectivity index (χ3v) is 11.0. The minimum Gasteiger partial charge on any atom is -0.488 e. The number of aromatic amines is 2. The summed E-state index contributed by atoms with van der Waals surface area (Å²) in [5.74, 6) is 2.85. The number of amides is 2. The van der Waals surface area contributed by atoms with E-state index in [1.807, 2.05) is 24.9 Å². The molecule has 2 saturated heterocycles. The standard InChI is InChI=1S/C39H45N7O5.C2H5NO/c1-21(2)34(44-39(48)50-5)38(47)46-12-6-7-31(46)37-41-29-11-9-23-15-28-26-10-8-24(14-25(26)20-51-33(28)16-27(23)35(29)43-37)30-17-40-36(42-30)32-13-22(19-49-4)18-45(32)3;3-1-2-4/h8-11,14-17,21-22,31-32,34H,6-7,12-13,18-20H2,1-5H3,(H,40,42)(H,41,43)(H,44,48);2H,1,3H2. The second-order valence-corrected chi connectivity index (χ2v) is 15.0. The number of benzene rings is 3. The molecule has 4 atom stereocenters. The molecule has 55 heavy (non-hydrogen) atoms. The van der Waals surface area contributed by atoms with Gasteiger partial charge in [-0.25, -0.2) is 14.8 Å². The highest BCUT2D eigenvalue weighted by atomic mass is 16.5. The number of rotatable bonds is 9. The van der Waals surface area contributed by atoms with Crippen LogP contribution in [0.2, 0.25) is 0 Å². The number of carbonyl (C=O) groups is 3. The van der Waals surface area contributed by atoms with Gasteiger partial charge in [-0.2, -0.15) is 0 Å². The zero-order chi connectivity index (χ0) is 38.8. The normalized spacial score (nSPS) is 19.8. The summed E-state index contributed by atoms with van der Waals surface area (Å²) in [5.41, 5.74) is 11.8. The molecule has 0 radical (unpaired) electrons. The molecule has 2 aromatic heterocycles. The summed E-state index contributed by atoms with van der Waals surface area (Å²) in [7, 11) is 5.22. The number of ether oxygens (including phenoxy) is 3. The Bertz CT molecular complexity index is 2200. The highest BCUT2D eigenvalue weighted by Crippen LogP contribution is 2.43. The van der Waals surface area contributed by atoms with E-state index in [1.54, 1.807) is 7.11 Å². The Hall–Kier alpha value is -5.31. The molecule has 0 aliphatic carbocycles. The number of hydrogen-bond donors (Lipinski definition) is 4. The fraction of sp³-hybridized carbons (Fsp3) is 0.439. The molecule has 3 aliphatic heterocycles. The molecule has 0 spiro atoms. The number of carbonyl (C=O) groups excluding carboxylic acids is 3. The Morgan fingerprint density at radius 3 is 2.65 bits per heavy atom. The number of aromatic nitrogens is 4. The number of alkyl carbamates (subject to hydrolysis) is 1. The van der Waals surface area contributed by atoms with Crippen molar-refractivity contribution in [3.05, 3.63) is 65.9 Å². The lowest BCUT2D eigenvalue weighted by Gasteiger charge is -2.29. The minimum atomic E-state index is -0.684. The highest BCUT2D eigenvalue weighted by Gasteiger charge is 2.38. The van der Waals surface area contributed by atoms with E-state index in [0.717, 1.165) is 99.6 Å². The van der Waals surface area contributed by atoms with Crippen LogP contribution in [-0.4, -0.2) is 102 Å². The SMILES string of the molecule is COCC1CC(c2ncc(-c3ccc4c(c3)COc3cc5c(ccc6[nH]c(C7CCCN7C(=O)C(NC(=O)OC)C(C)C)nc65)cc3-4)[nH]2)N(C)C1.NCC=O. The molecular formula is C41H50N8O6. The maximum atomic E-state index is 13.7. The number of H-pyrrole nitrogens is 2. The van der Waals surface area contributed by atoms with E-state index >= 15 is 0 Å². The number of methoxy groups -OCH3 is 2. The highest BCUT2D eigenvalue weighted by molar-refractivity contribution is 6.07. The molecule has 14 nitrogen and oxygen atoms in total. The molecule has 2 fully saturated rings. The van der Waals surface area contributed by atoms with Crippen molar-refractivity contribution in [1.82, 2.24) is 35.1 Å². The van der Waals surface area contributed by atoms with Gasteiger partial charge in [0.15, 0.2) is 0 Å². The van der Waals surface area contributed by atoms with E-state index in [1.165, 1.54) is 7.11 Å². The molecule has 4 unspecified atom stereocenters. The Labute approximate surface area is 320 Å². The fourth-order valence-electron chi connectivity index (χ4n) is 8.26. The third-order valence-electron chi connectivity index (χ3n) is 11.0. The van der Waals surface area contributed by atoms with Crippen LogP contribution in [0.25, 0.3) is 44.2 Å². The van der Waals surface area contributed by atoms with E-state index in [2.05, 4.69) is 75.4 Å². The smallest absolute Gasteiger partial charge is 0.407 e. The Balaban J connectivity index is 0.00000111. The molecule has 3 aliphatic rings. The van der Waals surface area contributed by atoms with Gasteiger partial charge in [0.25, 0.3) is 0 Å². The van der Waals surface area contributed by atoms with Gasteiger partial charge in [-0.1, -0.05) is 32.0 Å². The first-order chi connectivity index (χ1) is 26.6. The van der Waals surface area contributed by atoms with Crippen molar-refractivity contribution in [3.8, 4) is 28.1 Å². The zero-order valence-electron chi connectivity index (χ0n) is 32.1. The molecule has 14 heteroatoms. The van der Waals surface area contributed by atoms with E-state index in [0.29, 0.717) is 25.4 Å². The average Bonchev–Trinajstić information content (AvgIpc) is 4.02. The van der Waals surface area contributed by atoms with Crippen LogP contribution in [0.3, 0.4) is 0 Å². The van der Waals surface area contributed by atoms with E-state index in [9.17, 15) is 9.59 Å². The summed E-state index contributed by atoms with van der Waals surface area (Å²) in [6, 6.07) is 14.3. The second kappa shape index (κ2) is 16.2. The monoisotopic (exact) mass is 750 g/mol. The number of nitrogens with zero attached hydrogens (tertiary/aromatic N) is 4. The van der Waals surface area contributed by atoms with Crippen molar-refractivity contribution in [2.75, 3.05) is 47.5 Å². The summed E-state index contributed by atoms with van der Waals surface area (Å²) < 4.78 is 16.6. The van der Waals surface area contributed by atoms with Gasteiger partial charge >= 0.3 is 6.09 Å². The van der Waals surface area contributed by atoms with E-state index in [4.69, 9.17) is 29.0 Å². The van der Waals surface area contributed by atoms with Gasteiger partial charge in [0.1, 0.15) is 36.3 Å². The number of hydrogen-bond acceptors (Lipinski definition) is 10. The van der Waals surface area contributed by atoms with Crippen LogP contribution in [0, 0.1) is 11.8 Å². The second-order valence-electron chi connectivity index (χ2n) is 15.0.